The minimum atomic E-state index is 0.254. The lowest BCUT2D eigenvalue weighted by atomic mass is 9.83. The van der Waals surface area contributed by atoms with E-state index in [2.05, 4.69) is 15.0 Å². The van der Waals surface area contributed by atoms with Crippen LogP contribution in [0.4, 0.5) is 0 Å². The number of amides is 1. The van der Waals surface area contributed by atoms with Gasteiger partial charge in [0.05, 0.1) is 5.69 Å². The van der Waals surface area contributed by atoms with E-state index in [0.29, 0.717) is 31.4 Å². The van der Waals surface area contributed by atoms with Gasteiger partial charge in [0.2, 0.25) is 5.91 Å². The van der Waals surface area contributed by atoms with Crippen LogP contribution in [0.25, 0.3) is 0 Å². The SMILES string of the molecule is COCCCN(C[C@@H]1CCCN2CCCC[C@H]12)C(=O)CCc1c(C)noc1C. The van der Waals surface area contributed by atoms with Gasteiger partial charge in [0, 0.05) is 44.8 Å². The number of hydrogen-bond acceptors (Lipinski definition) is 5. The molecule has 2 atom stereocenters. The molecular weight excluding hydrogens is 354 g/mol. The first-order valence-electron chi connectivity index (χ1n) is 11.0. The van der Waals surface area contributed by atoms with Crippen LogP contribution in [0.1, 0.15) is 62.0 Å². The third-order valence-corrected chi connectivity index (χ3v) is 6.58. The Bertz CT molecular complexity index is 609. The second kappa shape index (κ2) is 10.4. The summed E-state index contributed by atoms with van der Waals surface area (Å²) in [6.07, 6.45) is 8.61. The third kappa shape index (κ3) is 5.35. The van der Waals surface area contributed by atoms with Gasteiger partial charge < -0.3 is 19.1 Å². The van der Waals surface area contributed by atoms with Gasteiger partial charge in [-0.15, -0.1) is 0 Å². The number of nitrogens with zero attached hydrogens (tertiary/aromatic N) is 3. The summed E-state index contributed by atoms with van der Waals surface area (Å²) in [5, 5.41) is 4.02. The first kappa shape index (κ1) is 21.3. The van der Waals surface area contributed by atoms with Crippen molar-refractivity contribution < 1.29 is 14.1 Å². The summed E-state index contributed by atoms with van der Waals surface area (Å²) in [7, 11) is 1.73. The lowest BCUT2D eigenvalue weighted by Crippen LogP contribution is -2.51. The number of fused-ring (bicyclic) bond motifs is 1. The fourth-order valence-electron chi connectivity index (χ4n) is 5.04. The van der Waals surface area contributed by atoms with Crippen molar-refractivity contribution in [2.45, 2.75) is 71.3 Å². The maximum atomic E-state index is 13.1. The van der Waals surface area contributed by atoms with Gasteiger partial charge in [0.15, 0.2) is 0 Å². The van der Waals surface area contributed by atoms with Gasteiger partial charge in [-0.3, -0.25) is 4.79 Å². The molecule has 6 nitrogen and oxygen atoms in total. The summed E-state index contributed by atoms with van der Waals surface area (Å²) in [6.45, 7) is 8.74. The Morgan fingerprint density at radius 2 is 2.07 bits per heavy atom. The molecule has 2 fully saturated rings. The van der Waals surface area contributed by atoms with E-state index in [1.165, 1.54) is 45.2 Å². The van der Waals surface area contributed by atoms with Crippen molar-refractivity contribution in [2.24, 2.45) is 5.92 Å². The molecule has 0 spiro atoms. The number of aryl methyl sites for hydroxylation is 2. The molecule has 0 saturated carbocycles. The Morgan fingerprint density at radius 3 is 2.82 bits per heavy atom. The zero-order valence-electron chi connectivity index (χ0n) is 17.9. The molecule has 2 aliphatic rings. The van der Waals surface area contributed by atoms with E-state index in [1.807, 2.05) is 13.8 Å². The molecule has 0 unspecified atom stereocenters. The number of hydrogen-bond donors (Lipinski definition) is 0. The normalized spacial score (nSPS) is 22.8. The van der Waals surface area contributed by atoms with Crippen molar-refractivity contribution in [3.8, 4) is 0 Å². The monoisotopic (exact) mass is 391 g/mol. The van der Waals surface area contributed by atoms with Crippen LogP contribution in [0.2, 0.25) is 0 Å². The fraction of sp³-hybridized carbons (Fsp3) is 0.818. The van der Waals surface area contributed by atoms with Crippen molar-refractivity contribution in [3.05, 3.63) is 17.0 Å². The van der Waals surface area contributed by atoms with Crippen molar-refractivity contribution in [3.63, 3.8) is 0 Å². The summed E-state index contributed by atoms with van der Waals surface area (Å²) < 4.78 is 10.5. The topological polar surface area (TPSA) is 58.8 Å². The van der Waals surface area contributed by atoms with Crippen molar-refractivity contribution >= 4 is 5.91 Å². The molecule has 1 amide bonds. The first-order chi connectivity index (χ1) is 13.6. The number of carbonyl (C=O) groups is 1. The first-order valence-corrected chi connectivity index (χ1v) is 11.0. The summed E-state index contributed by atoms with van der Waals surface area (Å²) in [4.78, 5) is 17.9. The van der Waals surface area contributed by atoms with E-state index in [4.69, 9.17) is 9.26 Å². The van der Waals surface area contributed by atoms with Gasteiger partial charge in [-0.1, -0.05) is 11.6 Å². The van der Waals surface area contributed by atoms with Crippen LogP contribution in [0.3, 0.4) is 0 Å². The number of piperidine rings is 2. The van der Waals surface area contributed by atoms with Gasteiger partial charge in [0.1, 0.15) is 5.76 Å². The molecule has 3 rings (SSSR count). The summed E-state index contributed by atoms with van der Waals surface area (Å²) in [6, 6.07) is 0.669. The lowest BCUT2D eigenvalue weighted by molar-refractivity contribution is -0.132. The van der Waals surface area contributed by atoms with Gasteiger partial charge in [-0.25, -0.2) is 0 Å². The van der Waals surface area contributed by atoms with E-state index < -0.39 is 0 Å². The third-order valence-electron chi connectivity index (χ3n) is 6.58. The van der Waals surface area contributed by atoms with Crippen molar-refractivity contribution in [1.82, 2.24) is 15.0 Å². The molecule has 0 aromatic carbocycles. The minimum Gasteiger partial charge on any atom is -0.385 e. The number of methoxy groups -OCH3 is 1. The second-order valence-corrected chi connectivity index (χ2v) is 8.49. The number of ether oxygens (including phenoxy) is 1. The Hall–Kier alpha value is -1.40. The molecule has 0 bridgehead atoms. The Kier molecular flexibility index (Phi) is 7.91. The van der Waals surface area contributed by atoms with Gasteiger partial charge in [-0.2, -0.15) is 0 Å². The van der Waals surface area contributed by atoms with E-state index in [-0.39, 0.29) is 5.91 Å². The van der Waals surface area contributed by atoms with Crippen LogP contribution in [0.5, 0.6) is 0 Å². The maximum Gasteiger partial charge on any atom is 0.222 e. The van der Waals surface area contributed by atoms with Crippen LogP contribution in [-0.2, 0) is 16.0 Å². The molecule has 0 aliphatic carbocycles. The molecule has 28 heavy (non-hydrogen) atoms. The van der Waals surface area contributed by atoms with E-state index in [0.717, 1.165) is 36.5 Å². The molecule has 1 aromatic heterocycles. The molecule has 0 radical (unpaired) electrons. The number of aromatic nitrogens is 1. The second-order valence-electron chi connectivity index (χ2n) is 8.49. The predicted octanol–water partition coefficient (Wildman–Crippen LogP) is 3.35. The zero-order chi connectivity index (χ0) is 19.9. The standard InChI is InChI=1S/C22H37N3O3/c1-17-20(18(2)28-23-17)10-11-22(26)25(14-7-15-27-3)16-19-8-6-13-24-12-5-4-9-21(19)24/h19,21H,4-16H2,1-3H3/t19-,21+/m0/s1. The summed E-state index contributed by atoms with van der Waals surface area (Å²) >= 11 is 0. The van der Waals surface area contributed by atoms with Crippen LogP contribution < -0.4 is 0 Å². The number of rotatable bonds is 9. The molecule has 6 heteroatoms. The molecular formula is C22H37N3O3. The van der Waals surface area contributed by atoms with E-state index in [9.17, 15) is 4.79 Å². The molecule has 0 N–H and O–H groups in total. The Balaban J connectivity index is 1.61. The highest BCUT2D eigenvalue weighted by molar-refractivity contribution is 5.76. The molecule has 2 aliphatic heterocycles. The fourth-order valence-corrected chi connectivity index (χ4v) is 5.04. The van der Waals surface area contributed by atoms with Gasteiger partial charge >= 0.3 is 0 Å². The predicted molar refractivity (Wildman–Crippen MR) is 109 cm³/mol. The highest BCUT2D eigenvalue weighted by Crippen LogP contribution is 2.31. The smallest absolute Gasteiger partial charge is 0.222 e. The molecule has 158 valence electrons. The Labute approximate surface area is 169 Å². The van der Waals surface area contributed by atoms with Crippen molar-refractivity contribution in [2.75, 3.05) is 39.9 Å². The van der Waals surface area contributed by atoms with E-state index in [1.54, 1.807) is 7.11 Å². The average Bonchev–Trinajstić information content (AvgIpc) is 3.03. The molecule has 1 aromatic rings. The average molecular weight is 392 g/mol. The lowest BCUT2D eigenvalue weighted by Gasteiger charge is -2.45. The van der Waals surface area contributed by atoms with Crippen LogP contribution in [0, 0.1) is 19.8 Å². The maximum absolute atomic E-state index is 13.1. The highest BCUT2D eigenvalue weighted by Gasteiger charge is 2.34. The van der Waals surface area contributed by atoms with Crippen LogP contribution >= 0.6 is 0 Å². The molecule has 2 saturated heterocycles. The summed E-state index contributed by atoms with van der Waals surface area (Å²) in [5.41, 5.74) is 1.99. The zero-order valence-corrected chi connectivity index (χ0v) is 17.9. The minimum absolute atomic E-state index is 0.254. The van der Waals surface area contributed by atoms with Gasteiger partial charge in [-0.05, 0) is 71.4 Å². The van der Waals surface area contributed by atoms with E-state index >= 15 is 0 Å². The van der Waals surface area contributed by atoms with Gasteiger partial charge in [0.25, 0.3) is 0 Å². The van der Waals surface area contributed by atoms with Crippen molar-refractivity contribution in [1.29, 1.82) is 0 Å². The van der Waals surface area contributed by atoms with Crippen LogP contribution in [-0.4, -0.2) is 66.8 Å². The van der Waals surface area contributed by atoms with Crippen LogP contribution in [0.15, 0.2) is 4.52 Å². The highest BCUT2D eigenvalue weighted by atomic mass is 16.5. The Morgan fingerprint density at radius 1 is 1.25 bits per heavy atom. The number of carbonyl (C=O) groups excluding carboxylic acids is 1. The largest absolute Gasteiger partial charge is 0.385 e. The quantitative estimate of drug-likeness (QED) is 0.604. The summed E-state index contributed by atoms with van der Waals surface area (Å²) in [5.74, 6) is 1.70. The molecule has 3 heterocycles.